The lowest BCUT2D eigenvalue weighted by atomic mass is 9.97. The molecule has 126 valence electrons. The molecule has 1 aliphatic heterocycles. The largest absolute Gasteiger partial charge is 0.396 e. The molecule has 0 amide bonds. The molecule has 0 aromatic heterocycles. The van der Waals surface area contributed by atoms with Gasteiger partial charge in [-0.3, -0.25) is 0 Å². The van der Waals surface area contributed by atoms with Gasteiger partial charge in [0.05, 0.1) is 0 Å². The third-order valence-corrected chi connectivity index (χ3v) is 9.00. The fourth-order valence-electron chi connectivity index (χ4n) is 3.90. The van der Waals surface area contributed by atoms with Crippen LogP contribution in [0.3, 0.4) is 0 Å². The van der Waals surface area contributed by atoms with Crippen molar-refractivity contribution in [2.75, 3.05) is 34.5 Å². The Kier molecular flexibility index (Phi) is 7.29. The van der Waals surface area contributed by atoms with Gasteiger partial charge >= 0.3 is 8.56 Å². The van der Waals surface area contributed by atoms with Crippen LogP contribution in [0, 0.1) is 0 Å². The van der Waals surface area contributed by atoms with Crippen molar-refractivity contribution < 1.29 is 23.1 Å². The summed E-state index contributed by atoms with van der Waals surface area (Å²) in [5, 5.41) is -0.650. The number of hydrogen-bond donors (Lipinski definition) is 0. The molecule has 5 nitrogen and oxygen atoms in total. The van der Waals surface area contributed by atoms with Crippen molar-refractivity contribution in [1.29, 1.82) is 0 Å². The molecule has 21 heavy (non-hydrogen) atoms. The van der Waals surface area contributed by atoms with Crippen LogP contribution < -0.4 is 0 Å². The Morgan fingerprint density at radius 3 is 1.90 bits per heavy atom. The van der Waals surface area contributed by atoms with Crippen molar-refractivity contribution in [1.82, 2.24) is 0 Å². The second kappa shape index (κ2) is 8.03. The van der Waals surface area contributed by atoms with Crippen molar-refractivity contribution in [3.05, 3.63) is 0 Å². The lowest BCUT2D eigenvalue weighted by Crippen LogP contribution is -2.77. The maximum Gasteiger partial charge on any atom is 0.376 e. The molecule has 1 heterocycles. The maximum atomic E-state index is 6.16. The first kappa shape index (κ1) is 19.1. The Labute approximate surface area is 130 Å². The summed E-state index contributed by atoms with van der Waals surface area (Å²) in [5.41, 5.74) is 0. The second-order valence-electron chi connectivity index (χ2n) is 5.41. The summed E-state index contributed by atoms with van der Waals surface area (Å²) in [5.74, 6) is -0.780. The molecule has 0 N–H and O–H groups in total. The highest BCUT2D eigenvalue weighted by Gasteiger charge is 2.71. The zero-order valence-corrected chi connectivity index (χ0v) is 15.5. The Balaban J connectivity index is 3.43. The Morgan fingerprint density at radius 2 is 1.52 bits per heavy atom. The fraction of sp³-hybridized carbons (Fsp3) is 1.00. The van der Waals surface area contributed by atoms with Gasteiger partial charge in [-0.1, -0.05) is 13.3 Å². The maximum absolute atomic E-state index is 6.16. The number of hydrogen-bond acceptors (Lipinski definition) is 5. The molecular weight excluding hydrogens is 288 g/mol. The molecule has 0 aromatic rings. The number of rotatable bonds is 9. The summed E-state index contributed by atoms with van der Waals surface area (Å²) in [6.45, 7) is 7.27. The molecule has 1 atom stereocenters. The van der Waals surface area contributed by atoms with Gasteiger partial charge in [0, 0.05) is 41.0 Å². The highest BCUT2D eigenvalue weighted by molar-refractivity contribution is 6.71. The fourth-order valence-corrected chi connectivity index (χ4v) is 7.97. The van der Waals surface area contributed by atoms with Crippen molar-refractivity contribution in [2.45, 2.75) is 63.5 Å². The monoisotopic (exact) mass is 320 g/mol. The summed E-state index contributed by atoms with van der Waals surface area (Å²) in [6, 6.07) is 0.899. The zero-order valence-electron chi connectivity index (χ0n) is 14.5. The standard InChI is InChI=1S/C15H32O5Si/c1-7-11-15(16-4)14(19-8-2,20-9-3)12-10-13-21(15,17-5)18-6/h7-13H2,1-6H3. The van der Waals surface area contributed by atoms with Gasteiger partial charge in [0.1, 0.15) is 0 Å². The molecule has 1 fully saturated rings. The normalized spacial score (nSPS) is 27.7. The zero-order chi connectivity index (χ0) is 16.0. The first-order chi connectivity index (χ1) is 10.1. The van der Waals surface area contributed by atoms with Gasteiger partial charge in [-0.25, -0.2) is 0 Å². The quantitative estimate of drug-likeness (QED) is 0.483. The van der Waals surface area contributed by atoms with Gasteiger partial charge in [0.25, 0.3) is 0 Å². The van der Waals surface area contributed by atoms with E-state index < -0.39 is 19.6 Å². The minimum Gasteiger partial charge on any atom is -0.396 e. The molecule has 0 radical (unpaired) electrons. The number of methoxy groups -OCH3 is 1. The van der Waals surface area contributed by atoms with Gasteiger partial charge in [-0.15, -0.1) is 0 Å². The molecule has 1 rings (SSSR count). The molecule has 1 aliphatic rings. The average Bonchev–Trinajstić information content (AvgIpc) is 2.50. The molecule has 0 bridgehead atoms. The third-order valence-electron chi connectivity index (χ3n) is 4.61. The van der Waals surface area contributed by atoms with E-state index in [0.717, 1.165) is 31.7 Å². The predicted molar refractivity (Wildman–Crippen MR) is 84.4 cm³/mol. The van der Waals surface area contributed by atoms with Crippen LogP contribution in [0.25, 0.3) is 0 Å². The topological polar surface area (TPSA) is 46.2 Å². The van der Waals surface area contributed by atoms with Gasteiger partial charge in [0.2, 0.25) is 0 Å². The lowest BCUT2D eigenvalue weighted by Gasteiger charge is -2.57. The van der Waals surface area contributed by atoms with Crippen molar-refractivity contribution in [3.63, 3.8) is 0 Å². The van der Waals surface area contributed by atoms with E-state index in [1.165, 1.54) is 0 Å². The van der Waals surface area contributed by atoms with Gasteiger partial charge in [0.15, 0.2) is 11.0 Å². The van der Waals surface area contributed by atoms with E-state index in [1.54, 1.807) is 21.3 Å². The first-order valence-electron chi connectivity index (χ1n) is 8.00. The van der Waals surface area contributed by atoms with Crippen LogP contribution in [-0.4, -0.2) is 54.1 Å². The number of ether oxygens (including phenoxy) is 3. The van der Waals surface area contributed by atoms with E-state index in [-0.39, 0.29) is 0 Å². The van der Waals surface area contributed by atoms with Gasteiger partial charge in [-0.2, -0.15) is 0 Å². The highest BCUT2D eigenvalue weighted by atomic mass is 28.4. The predicted octanol–water partition coefficient (Wildman–Crippen LogP) is 3.01. The molecule has 0 aliphatic carbocycles. The summed E-state index contributed by atoms with van der Waals surface area (Å²) in [4.78, 5) is 0. The molecule has 1 saturated heterocycles. The minimum absolute atomic E-state index is 0.576. The Bertz CT molecular complexity index is 297. The molecule has 1 unspecified atom stereocenters. The molecule has 0 saturated carbocycles. The summed E-state index contributed by atoms with van der Waals surface area (Å²) in [7, 11) is 2.57. The van der Waals surface area contributed by atoms with Crippen LogP contribution >= 0.6 is 0 Å². The van der Waals surface area contributed by atoms with Crippen LogP contribution in [0.15, 0.2) is 0 Å². The third kappa shape index (κ3) is 2.94. The second-order valence-corrected chi connectivity index (χ2v) is 9.04. The minimum atomic E-state index is -2.61. The van der Waals surface area contributed by atoms with Gasteiger partial charge < -0.3 is 23.1 Å². The van der Waals surface area contributed by atoms with Crippen LogP contribution in [-0.2, 0) is 23.1 Å². The van der Waals surface area contributed by atoms with E-state index in [9.17, 15) is 0 Å². The van der Waals surface area contributed by atoms with E-state index >= 15 is 0 Å². The smallest absolute Gasteiger partial charge is 0.376 e. The SMILES string of the molecule is CCCC1(OC)C(OCC)(OCC)CCC[Si]1(OC)OC. The van der Waals surface area contributed by atoms with Crippen molar-refractivity contribution in [3.8, 4) is 0 Å². The molecule has 0 spiro atoms. The Hall–Kier alpha value is 0.0169. The van der Waals surface area contributed by atoms with Crippen molar-refractivity contribution in [2.24, 2.45) is 0 Å². The van der Waals surface area contributed by atoms with E-state index in [0.29, 0.717) is 13.2 Å². The lowest BCUT2D eigenvalue weighted by molar-refractivity contribution is -0.319. The molecule has 6 heteroatoms. The van der Waals surface area contributed by atoms with Crippen LogP contribution in [0.4, 0.5) is 0 Å². The van der Waals surface area contributed by atoms with Crippen LogP contribution in [0.2, 0.25) is 6.04 Å². The summed E-state index contributed by atoms with van der Waals surface area (Å²) >= 11 is 0. The summed E-state index contributed by atoms with van der Waals surface area (Å²) < 4.78 is 30.3. The van der Waals surface area contributed by atoms with Crippen molar-refractivity contribution >= 4 is 8.56 Å². The van der Waals surface area contributed by atoms with Crippen LogP contribution in [0.5, 0.6) is 0 Å². The van der Waals surface area contributed by atoms with E-state index in [2.05, 4.69) is 6.92 Å². The molecular formula is C15H32O5Si. The Morgan fingerprint density at radius 1 is 0.952 bits per heavy atom. The highest BCUT2D eigenvalue weighted by Crippen LogP contribution is 2.51. The summed E-state index contributed by atoms with van der Waals surface area (Å²) in [6.07, 6.45) is 3.53. The van der Waals surface area contributed by atoms with E-state index in [1.807, 2.05) is 13.8 Å². The van der Waals surface area contributed by atoms with Crippen LogP contribution in [0.1, 0.15) is 46.5 Å². The molecule has 0 aromatic carbocycles. The first-order valence-corrected chi connectivity index (χ1v) is 10.0. The van der Waals surface area contributed by atoms with E-state index in [4.69, 9.17) is 23.1 Å². The average molecular weight is 321 g/mol. The van der Waals surface area contributed by atoms with Gasteiger partial charge in [-0.05, 0) is 32.7 Å².